The Morgan fingerprint density at radius 1 is 0.976 bits per heavy atom. The molecule has 0 radical (unpaired) electrons. The van der Waals surface area contributed by atoms with Crippen molar-refractivity contribution in [3.8, 4) is 5.75 Å². The molecule has 0 heterocycles. The Morgan fingerprint density at radius 2 is 1.59 bits per heavy atom. The predicted molar refractivity (Wildman–Crippen MR) is 152 cm³/mol. The van der Waals surface area contributed by atoms with Crippen molar-refractivity contribution in [3.05, 3.63) is 28.8 Å². The number of carbonyl (C=O) groups excluding carboxylic acids is 5. The minimum Gasteiger partial charge on any atom is -0.507 e. The molecule has 4 unspecified atom stereocenters. The molecular weight excluding hydrogens is 520 g/mol. The van der Waals surface area contributed by atoms with E-state index in [9.17, 15) is 34.2 Å². The minimum absolute atomic E-state index is 0.0255. The maximum absolute atomic E-state index is 14.4. The quantitative estimate of drug-likeness (QED) is 0.492. The highest BCUT2D eigenvalue weighted by atomic mass is 16.3. The van der Waals surface area contributed by atoms with Gasteiger partial charge in [0.1, 0.15) is 17.5 Å². The summed E-state index contributed by atoms with van der Waals surface area (Å²) in [5, 5.41) is 23.7. The highest BCUT2D eigenvalue weighted by Crippen LogP contribution is 2.64. The first-order valence-corrected chi connectivity index (χ1v) is 15.2. The summed E-state index contributed by atoms with van der Waals surface area (Å²) in [6.07, 6.45) is 4.70. The van der Waals surface area contributed by atoms with E-state index >= 15 is 0 Å². The fourth-order valence-corrected chi connectivity index (χ4v) is 9.55. The monoisotopic (exact) mass is 564 g/mol. The number of hydrogen-bond donors (Lipinski definition) is 2. The zero-order chi connectivity index (χ0) is 30.4. The Kier molecular flexibility index (Phi) is 7.04. The van der Waals surface area contributed by atoms with Gasteiger partial charge >= 0.3 is 0 Å². The van der Waals surface area contributed by atoms with Gasteiger partial charge in [0, 0.05) is 11.3 Å². The summed E-state index contributed by atoms with van der Waals surface area (Å²) >= 11 is 0. The molecule has 3 fully saturated rings. The Morgan fingerprint density at radius 3 is 2.15 bits per heavy atom. The summed E-state index contributed by atoms with van der Waals surface area (Å²) in [5.41, 5.74) is -3.72. The number of benzene rings is 1. The molecule has 7 nitrogen and oxygen atoms in total. The Balaban J connectivity index is 1.62. The standard InChI is InChI=1S/C34H44O7/c1-16(2)25-28(37)23(19(5)35)30(39)34(41)31(40)26-29(38)24-21(14-32(26,6)15-33(25,34)7)12-13-22(27(24)36)18(4)20-10-8-17(3)9-11-20/h12-13,16-18,20,23,25-26,36,41H,8-11,14-15H2,1-7H3/t17?,18?,20?,23?,25?,26?,32-,33-,34+/m1/s1. The summed E-state index contributed by atoms with van der Waals surface area (Å²) in [6, 6.07) is 3.78. The number of fused-ring (bicyclic) bond motifs is 3. The molecule has 4 aliphatic carbocycles. The first-order valence-electron chi connectivity index (χ1n) is 15.2. The van der Waals surface area contributed by atoms with Crippen LogP contribution in [-0.2, 0) is 25.6 Å². The molecule has 7 heteroatoms. The van der Waals surface area contributed by atoms with Crippen molar-refractivity contribution >= 4 is 28.9 Å². The second-order valence-corrected chi connectivity index (χ2v) is 14.7. The van der Waals surface area contributed by atoms with E-state index in [-0.39, 0.29) is 36.0 Å². The number of hydrogen-bond acceptors (Lipinski definition) is 7. The molecule has 3 saturated carbocycles. The Bertz CT molecular complexity index is 1350. The molecule has 0 spiro atoms. The first kappa shape index (κ1) is 29.8. The lowest BCUT2D eigenvalue weighted by molar-refractivity contribution is -0.205. The lowest BCUT2D eigenvalue weighted by Crippen LogP contribution is -2.76. The van der Waals surface area contributed by atoms with Gasteiger partial charge in [-0.3, -0.25) is 24.0 Å². The number of aliphatic hydroxyl groups is 1. The van der Waals surface area contributed by atoms with Gasteiger partial charge in [-0.1, -0.05) is 66.5 Å². The molecule has 1 aromatic carbocycles. The van der Waals surface area contributed by atoms with E-state index in [4.69, 9.17) is 0 Å². The van der Waals surface area contributed by atoms with E-state index in [1.54, 1.807) is 27.7 Å². The van der Waals surface area contributed by atoms with Crippen LogP contribution in [0.2, 0.25) is 0 Å². The van der Waals surface area contributed by atoms with Crippen molar-refractivity contribution in [1.82, 2.24) is 0 Å². The molecular formula is C34H44O7. The van der Waals surface area contributed by atoms with Crippen LogP contribution in [0.5, 0.6) is 5.75 Å². The van der Waals surface area contributed by atoms with Crippen LogP contribution in [0.1, 0.15) is 108 Å². The third-order valence-corrected chi connectivity index (χ3v) is 11.5. The summed E-state index contributed by atoms with van der Waals surface area (Å²) < 4.78 is 0. The maximum atomic E-state index is 14.4. The molecule has 5 rings (SSSR count). The van der Waals surface area contributed by atoms with Crippen LogP contribution >= 0.6 is 0 Å². The fraction of sp³-hybridized carbons (Fsp3) is 0.676. The van der Waals surface area contributed by atoms with E-state index in [0.717, 1.165) is 32.6 Å². The lowest BCUT2D eigenvalue weighted by Gasteiger charge is -2.61. The molecule has 4 aliphatic rings. The van der Waals surface area contributed by atoms with Crippen molar-refractivity contribution in [1.29, 1.82) is 0 Å². The van der Waals surface area contributed by atoms with Gasteiger partial charge in [0.25, 0.3) is 0 Å². The molecule has 222 valence electrons. The van der Waals surface area contributed by atoms with Crippen LogP contribution in [0.25, 0.3) is 0 Å². The van der Waals surface area contributed by atoms with Crippen LogP contribution in [0, 0.1) is 46.3 Å². The second kappa shape index (κ2) is 9.68. The lowest BCUT2D eigenvalue weighted by atomic mass is 9.40. The molecule has 0 saturated heterocycles. The smallest absolute Gasteiger partial charge is 0.190 e. The van der Waals surface area contributed by atoms with E-state index in [0.29, 0.717) is 23.0 Å². The average molecular weight is 565 g/mol. The van der Waals surface area contributed by atoms with Gasteiger partial charge in [0.2, 0.25) is 0 Å². The molecule has 0 aromatic heterocycles. The zero-order valence-electron chi connectivity index (χ0n) is 25.4. The zero-order valence-corrected chi connectivity index (χ0v) is 25.4. The molecule has 7 atom stereocenters. The van der Waals surface area contributed by atoms with Gasteiger partial charge in [0.05, 0.1) is 11.5 Å². The summed E-state index contributed by atoms with van der Waals surface area (Å²) in [4.78, 5) is 68.6. The molecule has 2 N–H and O–H groups in total. The number of rotatable bonds is 4. The first-order chi connectivity index (χ1) is 19.0. The van der Waals surface area contributed by atoms with Crippen molar-refractivity contribution < 1.29 is 34.2 Å². The normalized spacial score (nSPS) is 39.7. The maximum Gasteiger partial charge on any atom is 0.190 e. The van der Waals surface area contributed by atoms with E-state index in [2.05, 4.69) is 13.8 Å². The average Bonchev–Trinajstić information content (AvgIpc) is 2.86. The van der Waals surface area contributed by atoms with Crippen molar-refractivity contribution in [2.45, 2.75) is 98.5 Å². The number of carbonyl (C=O) groups is 5. The van der Waals surface area contributed by atoms with Gasteiger partial charge in [-0.25, -0.2) is 0 Å². The van der Waals surface area contributed by atoms with Gasteiger partial charge in [-0.05, 0) is 72.8 Å². The number of phenols is 1. The molecule has 41 heavy (non-hydrogen) atoms. The SMILES string of the molecule is CC(=O)C1C(=O)C(C(C)C)[C@@]2(C)C[C@@]3(C)Cc4ccc(C(C)C5CCC(C)CC5)c(O)c4C(=O)C3C(=O)[C@@]2(O)C1=O. The minimum atomic E-state index is -2.66. The van der Waals surface area contributed by atoms with E-state index < -0.39 is 63.1 Å². The van der Waals surface area contributed by atoms with Gasteiger partial charge < -0.3 is 10.2 Å². The van der Waals surface area contributed by atoms with Crippen LogP contribution in [0.15, 0.2) is 12.1 Å². The van der Waals surface area contributed by atoms with Crippen molar-refractivity contribution in [2.75, 3.05) is 0 Å². The van der Waals surface area contributed by atoms with E-state index in [1.165, 1.54) is 0 Å². The number of aromatic hydroxyl groups is 1. The summed E-state index contributed by atoms with van der Waals surface area (Å²) in [6.45, 7) is 12.4. The predicted octanol–water partition coefficient (Wildman–Crippen LogP) is 5.02. The van der Waals surface area contributed by atoms with Crippen LogP contribution in [0.4, 0.5) is 0 Å². The van der Waals surface area contributed by atoms with Crippen LogP contribution < -0.4 is 0 Å². The van der Waals surface area contributed by atoms with Crippen molar-refractivity contribution in [2.24, 2.45) is 46.3 Å². The third-order valence-electron chi connectivity index (χ3n) is 11.5. The highest BCUT2D eigenvalue weighted by Gasteiger charge is 2.76. The summed E-state index contributed by atoms with van der Waals surface area (Å²) in [7, 11) is 0. The van der Waals surface area contributed by atoms with Gasteiger partial charge in [-0.15, -0.1) is 0 Å². The summed E-state index contributed by atoms with van der Waals surface area (Å²) in [5.74, 6) is -7.35. The number of phenolic OH excluding ortho intramolecular Hbond substituents is 1. The van der Waals surface area contributed by atoms with Gasteiger partial charge in [-0.2, -0.15) is 0 Å². The third kappa shape index (κ3) is 3.97. The molecule has 0 bridgehead atoms. The van der Waals surface area contributed by atoms with Crippen LogP contribution in [0.3, 0.4) is 0 Å². The number of ketones is 5. The number of Topliss-reactive ketones (excluding diaryl/α,β-unsaturated/α-hetero) is 5. The van der Waals surface area contributed by atoms with E-state index in [1.807, 2.05) is 12.1 Å². The van der Waals surface area contributed by atoms with Crippen molar-refractivity contribution in [3.63, 3.8) is 0 Å². The highest BCUT2D eigenvalue weighted by molar-refractivity contribution is 6.32. The fourth-order valence-electron chi connectivity index (χ4n) is 9.55. The largest absolute Gasteiger partial charge is 0.507 e. The van der Waals surface area contributed by atoms with Gasteiger partial charge in [0.15, 0.2) is 28.7 Å². The molecule has 0 amide bonds. The Labute approximate surface area is 242 Å². The van der Waals surface area contributed by atoms with Crippen LogP contribution in [-0.4, -0.2) is 44.7 Å². The second-order valence-electron chi connectivity index (χ2n) is 14.7. The molecule has 0 aliphatic heterocycles. The molecule has 1 aromatic rings. The Hall–Kier alpha value is -2.67. The topological polar surface area (TPSA) is 126 Å².